The highest BCUT2D eigenvalue weighted by Crippen LogP contribution is 2.28. The molecule has 2 heterocycles. The van der Waals surface area contributed by atoms with Gasteiger partial charge in [-0.1, -0.05) is 6.92 Å². The van der Waals surface area contributed by atoms with Crippen LogP contribution in [0.15, 0.2) is 6.33 Å². The number of rotatable bonds is 4. The van der Waals surface area contributed by atoms with E-state index in [1.807, 2.05) is 0 Å². The van der Waals surface area contributed by atoms with Crippen molar-refractivity contribution in [3.63, 3.8) is 0 Å². The molecule has 6 heteroatoms. The number of hydrogen-bond donors (Lipinski definition) is 1. The van der Waals surface area contributed by atoms with Crippen molar-refractivity contribution in [2.45, 2.75) is 26.3 Å². The van der Waals surface area contributed by atoms with Crippen molar-refractivity contribution >= 4 is 11.5 Å². The molecule has 0 radical (unpaired) electrons. The Morgan fingerprint density at radius 3 is 2.58 bits per heavy atom. The van der Waals surface area contributed by atoms with Gasteiger partial charge in [0.15, 0.2) is 5.82 Å². The van der Waals surface area contributed by atoms with E-state index in [1.54, 1.807) is 7.11 Å². The molecule has 1 fully saturated rings. The standard InChI is InChI=1S/C13H23N5O/c1-4-10(2)17-5-7-18(8-6-17)12-11(14)13(19-3)16-9-15-12/h9-10H,4-8,14H2,1-3H3. The Labute approximate surface area is 114 Å². The molecule has 0 saturated carbocycles. The molecule has 1 unspecified atom stereocenters. The van der Waals surface area contributed by atoms with Crippen LogP contribution >= 0.6 is 0 Å². The summed E-state index contributed by atoms with van der Waals surface area (Å²) in [6, 6.07) is 0.638. The van der Waals surface area contributed by atoms with E-state index in [4.69, 9.17) is 10.5 Å². The summed E-state index contributed by atoms with van der Waals surface area (Å²) >= 11 is 0. The Balaban J connectivity index is 2.06. The van der Waals surface area contributed by atoms with Crippen molar-refractivity contribution in [1.29, 1.82) is 0 Å². The highest BCUT2D eigenvalue weighted by atomic mass is 16.5. The number of nitrogen functional groups attached to an aromatic ring is 1. The normalized spacial score (nSPS) is 18.4. The molecule has 1 aliphatic heterocycles. The van der Waals surface area contributed by atoms with E-state index in [0.29, 0.717) is 17.6 Å². The second kappa shape index (κ2) is 6.06. The molecular weight excluding hydrogens is 242 g/mol. The van der Waals surface area contributed by atoms with Gasteiger partial charge in [-0.25, -0.2) is 4.98 Å². The lowest BCUT2D eigenvalue weighted by Crippen LogP contribution is -2.49. The molecule has 6 nitrogen and oxygen atoms in total. The van der Waals surface area contributed by atoms with E-state index in [2.05, 4.69) is 33.6 Å². The Kier molecular flexibility index (Phi) is 4.42. The van der Waals surface area contributed by atoms with E-state index in [9.17, 15) is 0 Å². The number of nitrogens with zero attached hydrogens (tertiary/aromatic N) is 4. The molecule has 2 N–H and O–H groups in total. The van der Waals surface area contributed by atoms with Gasteiger partial charge < -0.3 is 15.4 Å². The summed E-state index contributed by atoms with van der Waals surface area (Å²) in [5, 5.41) is 0. The van der Waals surface area contributed by atoms with Crippen LogP contribution in [0.2, 0.25) is 0 Å². The Hall–Kier alpha value is -1.56. The molecule has 1 aromatic heterocycles. The van der Waals surface area contributed by atoms with Gasteiger partial charge in [-0.15, -0.1) is 0 Å². The Morgan fingerprint density at radius 1 is 1.32 bits per heavy atom. The van der Waals surface area contributed by atoms with Crippen molar-refractivity contribution in [2.24, 2.45) is 0 Å². The second-order valence-electron chi connectivity index (χ2n) is 4.90. The SMILES string of the molecule is CCC(C)N1CCN(c2ncnc(OC)c2N)CC1. The van der Waals surface area contributed by atoms with Gasteiger partial charge >= 0.3 is 0 Å². The topological polar surface area (TPSA) is 67.5 Å². The molecule has 1 aliphatic rings. The van der Waals surface area contributed by atoms with Gasteiger partial charge in [0.2, 0.25) is 5.88 Å². The molecule has 106 valence electrons. The summed E-state index contributed by atoms with van der Waals surface area (Å²) in [6.45, 7) is 8.47. The highest BCUT2D eigenvalue weighted by molar-refractivity contribution is 5.67. The zero-order valence-corrected chi connectivity index (χ0v) is 12.0. The van der Waals surface area contributed by atoms with E-state index in [0.717, 1.165) is 32.0 Å². The Morgan fingerprint density at radius 2 is 2.00 bits per heavy atom. The van der Waals surface area contributed by atoms with E-state index in [1.165, 1.54) is 12.7 Å². The zero-order valence-electron chi connectivity index (χ0n) is 12.0. The molecule has 2 rings (SSSR count). The van der Waals surface area contributed by atoms with Gasteiger partial charge in [-0.2, -0.15) is 4.98 Å². The minimum Gasteiger partial charge on any atom is -0.479 e. The third kappa shape index (κ3) is 2.89. The maximum Gasteiger partial charge on any atom is 0.242 e. The molecule has 19 heavy (non-hydrogen) atoms. The lowest BCUT2D eigenvalue weighted by Gasteiger charge is -2.38. The third-order valence-electron chi connectivity index (χ3n) is 3.85. The molecule has 0 aliphatic carbocycles. The van der Waals surface area contributed by atoms with Crippen molar-refractivity contribution < 1.29 is 4.74 Å². The van der Waals surface area contributed by atoms with Crippen LogP contribution in [0, 0.1) is 0 Å². The first kappa shape index (κ1) is 13.9. The van der Waals surface area contributed by atoms with E-state index < -0.39 is 0 Å². The molecular formula is C13H23N5O. The fourth-order valence-corrected chi connectivity index (χ4v) is 2.42. The molecule has 0 bridgehead atoms. The minimum atomic E-state index is 0.453. The molecule has 0 spiro atoms. The average Bonchev–Trinajstić information content (AvgIpc) is 2.47. The van der Waals surface area contributed by atoms with E-state index >= 15 is 0 Å². The summed E-state index contributed by atoms with van der Waals surface area (Å²) in [7, 11) is 1.57. The number of ether oxygens (including phenoxy) is 1. The predicted octanol–water partition coefficient (Wildman–Crippen LogP) is 0.988. The summed E-state index contributed by atoms with van der Waals surface area (Å²) in [4.78, 5) is 13.0. The van der Waals surface area contributed by atoms with Crippen LogP contribution in [0.3, 0.4) is 0 Å². The van der Waals surface area contributed by atoms with Crippen molar-refractivity contribution in [3.8, 4) is 5.88 Å². The van der Waals surface area contributed by atoms with Crippen LogP contribution in [0.5, 0.6) is 5.88 Å². The number of anilines is 2. The lowest BCUT2D eigenvalue weighted by molar-refractivity contribution is 0.192. The number of hydrogen-bond acceptors (Lipinski definition) is 6. The fraction of sp³-hybridized carbons (Fsp3) is 0.692. The van der Waals surface area contributed by atoms with Crippen molar-refractivity contribution in [2.75, 3.05) is 43.9 Å². The molecule has 1 saturated heterocycles. The minimum absolute atomic E-state index is 0.453. The maximum atomic E-state index is 6.04. The van der Waals surface area contributed by atoms with Crippen molar-refractivity contribution in [3.05, 3.63) is 6.33 Å². The third-order valence-corrected chi connectivity index (χ3v) is 3.85. The first-order chi connectivity index (χ1) is 9.17. The van der Waals surface area contributed by atoms with Gasteiger partial charge in [0.25, 0.3) is 0 Å². The largest absolute Gasteiger partial charge is 0.479 e. The lowest BCUT2D eigenvalue weighted by atomic mass is 10.2. The number of methoxy groups -OCH3 is 1. The summed E-state index contributed by atoms with van der Waals surface area (Å²) < 4.78 is 5.14. The van der Waals surface area contributed by atoms with Crippen LogP contribution in [-0.2, 0) is 0 Å². The first-order valence-electron chi connectivity index (χ1n) is 6.80. The summed E-state index contributed by atoms with van der Waals surface area (Å²) in [6.07, 6.45) is 2.69. The van der Waals surface area contributed by atoms with Crippen LogP contribution < -0.4 is 15.4 Å². The molecule has 0 aromatic carbocycles. The quantitative estimate of drug-likeness (QED) is 0.875. The number of piperazine rings is 1. The monoisotopic (exact) mass is 265 g/mol. The zero-order chi connectivity index (χ0) is 13.8. The van der Waals surface area contributed by atoms with Gasteiger partial charge in [0.1, 0.15) is 12.0 Å². The van der Waals surface area contributed by atoms with Gasteiger partial charge in [-0.05, 0) is 13.3 Å². The van der Waals surface area contributed by atoms with Gasteiger partial charge in [0, 0.05) is 32.2 Å². The first-order valence-corrected chi connectivity index (χ1v) is 6.80. The van der Waals surface area contributed by atoms with Crippen LogP contribution in [0.4, 0.5) is 11.5 Å². The van der Waals surface area contributed by atoms with Crippen LogP contribution in [-0.4, -0.2) is 54.2 Å². The summed E-state index contributed by atoms with van der Waals surface area (Å²) in [5.41, 5.74) is 6.57. The summed E-state index contributed by atoms with van der Waals surface area (Å²) in [5.74, 6) is 1.24. The number of nitrogens with two attached hydrogens (primary N) is 1. The van der Waals surface area contributed by atoms with E-state index in [-0.39, 0.29) is 0 Å². The van der Waals surface area contributed by atoms with Crippen molar-refractivity contribution in [1.82, 2.24) is 14.9 Å². The molecule has 1 atom stereocenters. The van der Waals surface area contributed by atoms with Crippen LogP contribution in [0.1, 0.15) is 20.3 Å². The van der Waals surface area contributed by atoms with Gasteiger partial charge in [0.05, 0.1) is 7.11 Å². The highest BCUT2D eigenvalue weighted by Gasteiger charge is 2.23. The smallest absolute Gasteiger partial charge is 0.242 e. The average molecular weight is 265 g/mol. The second-order valence-corrected chi connectivity index (χ2v) is 4.90. The molecule has 1 aromatic rings. The molecule has 0 amide bonds. The fourth-order valence-electron chi connectivity index (χ4n) is 2.42. The van der Waals surface area contributed by atoms with Crippen LogP contribution in [0.25, 0.3) is 0 Å². The predicted molar refractivity (Wildman–Crippen MR) is 76.5 cm³/mol. The van der Waals surface area contributed by atoms with Gasteiger partial charge in [-0.3, -0.25) is 4.90 Å². The Bertz CT molecular complexity index is 417. The number of aromatic nitrogens is 2. The maximum absolute atomic E-state index is 6.04.